The monoisotopic (exact) mass is 307 g/mol. The van der Waals surface area contributed by atoms with Crippen molar-refractivity contribution in [3.8, 4) is 11.3 Å². The van der Waals surface area contributed by atoms with Crippen molar-refractivity contribution in [2.24, 2.45) is 0 Å². The van der Waals surface area contributed by atoms with E-state index in [1.165, 1.54) is 0 Å². The highest BCUT2D eigenvalue weighted by Crippen LogP contribution is 2.27. The minimum Gasteiger partial charge on any atom is -0.367 e. The summed E-state index contributed by atoms with van der Waals surface area (Å²) < 4.78 is 3.86. The summed E-state index contributed by atoms with van der Waals surface area (Å²) in [6.07, 6.45) is 3.58. The number of hydrogen-bond donors (Lipinski definition) is 1. The van der Waals surface area contributed by atoms with Crippen LogP contribution in [0.25, 0.3) is 27.9 Å². The van der Waals surface area contributed by atoms with Gasteiger partial charge in [0.05, 0.1) is 17.4 Å². The van der Waals surface area contributed by atoms with Crippen LogP contribution in [0.2, 0.25) is 0 Å². The van der Waals surface area contributed by atoms with Crippen LogP contribution >= 0.6 is 0 Å². The van der Waals surface area contributed by atoms with Crippen molar-refractivity contribution in [1.29, 1.82) is 0 Å². The van der Waals surface area contributed by atoms with E-state index in [2.05, 4.69) is 33.5 Å². The van der Waals surface area contributed by atoms with Crippen LogP contribution in [-0.2, 0) is 0 Å². The molecule has 0 saturated carbocycles. The molecule has 23 heavy (non-hydrogen) atoms. The third-order valence-electron chi connectivity index (χ3n) is 3.94. The SMILES string of the molecule is Cc1nc2ccc(-c3ccn4nc(N)ncc34)nc2n1C(C)C. The number of anilines is 1. The fraction of sp³-hybridized carbons (Fsp3) is 0.250. The lowest BCUT2D eigenvalue weighted by molar-refractivity contribution is 0.595. The number of aryl methyl sites for hydroxylation is 1. The average Bonchev–Trinajstić information content (AvgIpc) is 3.05. The van der Waals surface area contributed by atoms with Gasteiger partial charge < -0.3 is 10.3 Å². The normalized spacial score (nSPS) is 11.8. The Morgan fingerprint density at radius 2 is 1.96 bits per heavy atom. The molecule has 0 aliphatic heterocycles. The average molecular weight is 307 g/mol. The minimum absolute atomic E-state index is 0.247. The molecule has 0 aliphatic rings. The lowest BCUT2D eigenvalue weighted by Crippen LogP contribution is -2.04. The van der Waals surface area contributed by atoms with Crippen LogP contribution < -0.4 is 5.73 Å². The Bertz CT molecular complexity index is 1030. The molecule has 4 rings (SSSR count). The quantitative estimate of drug-likeness (QED) is 0.615. The van der Waals surface area contributed by atoms with Crippen LogP contribution in [0.4, 0.5) is 5.95 Å². The summed E-state index contributed by atoms with van der Waals surface area (Å²) in [5.41, 5.74) is 10.1. The summed E-state index contributed by atoms with van der Waals surface area (Å²) in [6, 6.07) is 6.26. The first-order valence-corrected chi connectivity index (χ1v) is 7.50. The highest BCUT2D eigenvalue weighted by atomic mass is 15.3. The number of rotatable bonds is 2. The molecule has 0 atom stereocenters. The largest absolute Gasteiger partial charge is 0.367 e. The van der Waals surface area contributed by atoms with Crippen molar-refractivity contribution < 1.29 is 0 Å². The van der Waals surface area contributed by atoms with Gasteiger partial charge in [0.15, 0.2) is 5.65 Å². The first-order chi connectivity index (χ1) is 11.0. The van der Waals surface area contributed by atoms with E-state index in [0.29, 0.717) is 6.04 Å². The standard InChI is InChI=1S/C16H17N7/c1-9(2)23-10(3)19-13-5-4-12(20-15(13)23)11-6-7-22-14(11)8-18-16(17)21-22/h4-9H,1-3H3,(H2,17,21). The van der Waals surface area contributed by atoms with Crippen molar-refractivity contribution in [3.63, 3.8) is 0 Å². The number of aromatic nitrogens is 6. The van der Waals surface area contributed by atoms with Crippen LogP contribution in [0.5, 0.6) is 0 Å². The molecule has 0 spiro atoms. The predicted molar refractivity (Wildman–Crippen MR) is 89.0 cm³/mol. The molecule has 0 radical (unpaired) electrons. The van der Waals surface area contributed by atoms with Gasteiger partial charge in [0.2, 0.25) is 5.95 Å². The Morgan fingerprint density at radius 3 is 2.74 bits per heavy atom. The Balaban J connectivity index is 1.96. The number of fused-ring (bicyclic) bond motifs is 2. The van der Waals surface area contributed by atoms with Crippen molar-refractivity contribution in [2.45, 2.75) is 26.8 Å². The number of hydrogen-bond acceptors (Lipinski definition) is 5. The molecule has 116 valence electrons. The second-order valence-electron chi connectivity index (χ2n) is 5.84. The van der Waals surface area contributed by atoms with E-state index in [1.807, 2.05) is 31.3 Å². The van der Waals surface area contributed by atoms with Crippen LogP contribution in [-0.4, -0.2) is 29.1 Å². The number of pyridine rings is 1. The van der Waals surface area contributed by atoms with Crippen LogP contribution in [0, 0.1) is 6.92 Å². The maximum absolute atomic E-state index is 5.63. The van der Waals surface area contributed by atoms with Gasteiger partial charge in [0.1, 0.15) is 11.3 Å². The molecule has 7 heteroatoms. The molecule has 0 aromatic carbocycles. The molecule has 4 aromatic rings. The number of imidazole rings is 1. The molecule has 4 aromatic heterocycles. The Labute approximate surface area is 132 Å². The van der Waals surface area contributed by atoms with Gasteiger partial charge in [-0.05, 0) is 39.0 Å². The number of nitrogens with zero attached hydrogens (tertiary/aromatic N) is 6. The van der Waals surface area contributed by atoms with Crippen molar-refractivity contribution in [2.75, 3.05) is 5.73 Å². The molecular weight excluding hydrogens is 290 g/mol. The zero-order valence-corrected chi connectivity index (χ0v) is 13.2. The molecule has 0 amide bonds. The minimum atomic E-state index is 0.247. The summed E-state index contributed by atoms with van der Waals surface area (Å²) in [5.74, 6) is 1.22. The van der Waals surface area contributed by atoms with E-state index in [1.54, 1.807) is 10.7 Å². The second-order valence-corrected chi connectivity index (χ2v) is 5.84. The van der Waals surface area contributed by atoms with E-state index < -0.39 is 0 Å². The highest BCUT2D eigenvalue weighted by Gasteiger charge is 2.14. The topological polar surface area (TPSA) is 86.9 Å². The lowest BCUT2D eigenvalue weighted by atomic mass is 10.2. The Kier molecular flexibility index (Phi) is 2.84. The summed E-state index contributed by atoms with van der Waals surface area (Å²) in [5, 5.41) is 4.17. The van der Waals surface area contributed by atoms with Gasteiger partial charge in [0.25, 0.3) is 0 Å². The molecule has 2 N–H and O–H groups in total. The van der Waals surface area contributed by atoms with Gasteiger partial charge in [0, 0.05) is 17.8 Å². The van der Waals surface area contributed by atoms with Crippen molar-refractivity contribution >= 4 is 22.6 Å². The maximum Gasteiger partial charge on any atom is 0.238 e. The van der Waals surface area contributed by atoms with E-state index in [-0.39, 0.29) is 5.95 Å². The molecule has 0 fully saturated rings. The van der Waals surface area contributed by atoms with Gasteiger partial charge >= 0.3 is 0 Å². The third-order valence-corrected chi connectivity index (χ3v) is 3.94. The molecule has 4 heterocycles. The van der Waals surface area contributed by atoms with Crippen LogP contribution in [0.1, 0.15) is 25.7 Å². The zero-order valence-electron chi connectivity index (χ0n) is 13.2. The molecule has 0 saturated heterocycles. The Hall–Kier alpha value is -2.96. The zero-order chi connectivity index (χ0) is 16.1. The fourth-order valence-electron chi connectivity index (χ4n) is 2.99. The predicted octanol–water partition coefficient (Wildman–Crippen LogP) is 2.61. The van der Waals surface area contributed by atoms with Gasteiger partial charge in [-0.15, -0.1) is 5.10 Å². The van der Waals surface area contributed by atoms with Gasteiger partial charge in [-0.25, -0.2) is 19.5 Å². The molecular formula is C16H17N7. The van der Waals surface area contributed by atoms with E-state index >= 15 is 0 Å². The summed E-state index contributed by atoms with van der Waals surface area (Å²) >= 11 is 0. The summed E-state index contributed by atoms with van der Waals surface area (Å²) in [7, 11) is 0. The van der Waals surface area contributed by atoms with Crippen LogP contribution in [0.15, 0.2) is 30.6 Å². The van der Waals surface area contributed by atoms with E-state index in [0.717, 1.165) is 33.8 Å². The number of nitrogen functional groups attached to an aromatic ring is 1. The molecule has 0 aliphatic carbocycles. The van der Waals surface area contributed by atoms with Gasteiger partial charge in [-0.1, -0.05) is 0 Å². The summed E-state index contributed by atoms with van der Waals surface area (Å²) in [6.45, 7) is 6.27. The maximum atomic E-state index is 5.63. The van der Waals surface area contributed by atoms with Gasteiger partial charge in [-0.3, -0.25) is 0 Å². The molecule has 0 unspecified atom stereocenters. The van der Waals surface area contributed by atoms with Crippen molar-refractivity contribution in [1.82, 2.24) is 29.1 Å². The van der Waals surface area contributed by atoms with E-state index in [4.69, 9.17) is 10.7 Å². The second kappa shape index (κ2) is 4.77. The third kappa shape index (κ3) is 2.04. The van der Waals surface area contributed by atoms with Crippen molar-refractivity contribution in [3.05, 3.63) is 36.4 Å². The lowest BCUT2D eigenvalue weighted by Gasteiger charge is -2.10. The first-order valence-electron chi connectivity index (χ1n) is 7.50. The highest BCUT2D eigenvalue weighted by molar-refractivity contribution is 5.82. The van der Waals surface area contributed by atoms with E-state index in [9.17, 15) is 0 Å². The van der Waals surface area contributed by atoms with Crippen LogP contribution in [0.3, 0.4) is 0 Å². The smallest absolute Gasteiger partial charge is 0.238 e. The molecule has 7 nitrogen and oxygen atoms in total. The summed E-state index contributed by atoms with van der Waals surface area (Å²) in [4.78, 5) is 13.5. The Morgan fingerprint density at radius 1 is 1.13 bits per heavy atom. The first kappa shape index (κ1) is 13.7. The number of nitrogens with two attached hydrogens (primary N) is 1. The molecule has 0 bridgehead atoms. The van der Waals surface area contributed by atoms with Gasteiger partial charge in [-0.2, -0.15) is 0 Å². The fourth-order valence-corrected chi connectivity index (χ4v) is 2.99.